The summed E-state index contributed by atoms with van der Waals surface area (Å²) in [4.78, 5) is 12.1. The van der Waals surface area contributed by atoms with E-state index in [1.807, 2.05) is 42.6 Å². The highest BCUT2D eigenvalue weighted by Gasteiger charge is 2.20. The number of halogens is 1. The van der Waals surface area contributed by atoms with Gasteiger partial charge in [0.15, 0.2) is 6.04 Å². The smallest absolute Gasteiger partial charge is 0.282 e. The zero-order chi connectivity index (χ0) is 15.2. The van der Waals surface area contributed by atoms with Crippen molar-refractivity contribution in [2.24, 2.45) is 0 Å². The van der Waals surface area contributed by atoms with Crippen molar-refractivity contribution in [3.8, 4) is 0 Å². The zero-order valence-electron chi connectivity index (χ0n) is 12.2. The molecule has 0 aromatic heterocycles. The minimum absolute atomic E-state index is 0.0932. The van der Waals surface area contributed by atoms with Gasteiger partial charge in [0.05, 0.1) is 0 Å². The number of anilines is 1. The lowest BCUT2D eigenvalue weighted by Gasteiger charge is -2.16. The number of carbonyl (C=O) groups excluding carboxylic acids is 1. The Hall–Kier alpha value is -2.20. The van der Waals surface area contributed by atoms with E-state index in [1.54, 1.807) is 12.1 Å². The first kappa shape index (κ1) is 15.2. The van der Waals surface area contributed by atoms with E-state index in [9.17, 15) is 9.18 Å². The summed E-state index contributed by atoms with van der Waals surface area (Å²) in [6.45, 7) is 3.93. The van der Waals surface area contributed by atoms with Crippen LogP contribution < -0.4 is 10.6 Å². The Morgan fingerprint density at radius 1 is 1.05 bits per heavy atom. The molecule has 0 saturated heterocycles. The molecule has 0 aliphatic rings. The van der Waals surface area contributed by atoms with Crippen LogP contribution in [0, 0.1) is 5.82 Å². The summed E-state index contributed by atoms with van der Waals surface area (Å²) in [5.74, 6) is -0.408. The molecule has 2 aromatic rings. The molecule has 21 heavy (non-hydrogen) atoms. The maximum Gasteiger partial charge on any atom is 0.282 e. The van der Waals surface area contributed by atoms with E-state index in [4.69, 9.17) is 0 Å². The minimum Gasteiger partial charge on any atom is -0.330 e. The monoisotopic (exact) mass is 287 g/mol. The van der Waals surface area contributed by atoms with Crippen molar-refractivity contribution in [3.05, 3.63) is 66.0 Å². The molecule has 2 rings (SSSR count). The molecule has 0 radical (unpaired) electrons. The van der Waals surface area contributed by atoms with Gasteiger partial charge in [-0.25, -0.2) is 4.39 Å². The van der Waals surface area contributed by atoms with Gasteiger partial charge in [-0.1, -0.05) is 30.3 Å². The summed E-state index contributed by atoms with van der Waals surface area (Å²) in [6, 6.07) is 15.8. The van der Waals surface area contributed by atoms with Crippen molar-refractivity contribution in [1.29, 1.82) is 0 Å². The van der Waals surface area contributed by atoms with Crippen molar-refractivity contribution in [3.63, 3.8) is 0 Å². The lowest BCUT2D eigenvalue weighted by atomic mass is 10.1. The van der Waals surface area contributed by atoms with Crippen LogP contribution in [0.4, 0.5) is 10.1 Å². The molecular weight excluding hydrogens is 267 g/mol. The summed E-state index contributed by atoms with van der Waals surface area (Å²) in [6.07, 6.45) is 0. The second kappa shape index (κ2) is 6.99. The third kappa shape index (κ3) is 4.39. The Bertz CT molecular complexity index is 583. The third-order valence-corrected chi connectivity index (χ3v) is 3.43. The lowest BCUT2D eigenvalue weighted by Crippen LogP contribution is -2.91. The fourth-order valence-corrected chi connectivity index (χ4v) is 2.18. The number of hydrogen-bond acceptors (Lipinski definition) is 1. The fraction of sp³-hybridized carbons (Fsp3) is 0.235. The Kier molecular flexibility index (Phi) is 5.06. The second-order valence-corrected chi connectivity index (χ2v) is 5.18. The molecule has 0 aliphatic carbocycles. The third-order valence-electron chi connectivity index (χ3n) is 3.43. The number of nitrogens with two attached hydrogens (primary N) is 1. The van der Waals surface area contributed by atoms with E-state index in [2.05, 4.69) is 12.2 Å². The van der Waals surface area contributed by atoms with Gasteiger partial charge in [-0.3, -0.25) is 4.79 Å². The number of amides is 1. The molecule has 0 spiro atoms. The van der Waals surface area contributed by atoms with Gasteiger partial charge in [-0.05, 0) is 38.1 Å². The molecular formula is C17H20FN2O+. The van der Waals surface area contributed by atoms with Crippen LogP contribution in [0.25, 0.3) is 0 Å². The second-order valence-electron chi connectivity index (χ2n) is 5.18. The average molecular weight is 287 g/mol. The maximum absolute atomic E-state index is 12.8. The minimum atomic E-state index is -0.315. The maximum atomic E-state index is 12.8. The molecule has 1 amide bonds. The Morgan fingerprint density at radius 2 is 1.67 bits per heavy atom. The van der Waals surface area contributed by atoms with Crippen molar-refractivity contribution in [2.75, 3.05) is 5.32 Å². The highest BCUT2D eigenvalue weighted by Crippen LogP contribution is 2.09. The topological polar surface area (TPSA) is 45.7 Å². The standard InChI is InChI=1S/C17H19FN2O/c1-12(14-6-4-3-5-7-14)19-13(2)17(21)20-16-10-8-15(18)9-11-16/h3-13,19H,1-2H3,(H,20,21)/p+1/t12-,13+/m0/s1. The van der Waals surface area contributed by atoms with Crippen LogP contribution in [-0.2, 0) is 4.79 Å². The van der Waals surface area contributed by atoms with E-state index >= 15 is 0 Å². The molecule has 110 valence electrons. The molecule has 4 heteroatoms. The molecule has 0 bridgehead atoms. The van der Waals surface area contributed by atoms with Crippen LogP contribution in [0.15, 0.2) is 54.6 Å². The highest BCUT2D eigenvalue weighted by atomic mass is 19.1. The molecule has 0 aliphatic heterocycles. The van der Waals surface area contributed by atoms with E-state index < -0.39 is 0 Å². The number of rotatable bonds is 5. The van der Waals surface area contributed by atoms with Crippen LogP contribution in [0.5, 0.6) is 0 Å². The van der Waals surface area contributed by atoms with Crippen LogP contribution in [0.1, 0.15) is 25.5 Å². The van der Waals surface area contributed by atoms with Crippen molar-refractivity contribution < 1.29 is 14.5 Å². The first-order valence-corrected chi connectivity index (χ1v) is 7.02. The number of benzene rings is 2. The molecule has 0 heterocycles. The summed E-state index contributed by atoms with van der Waals surface area (Å²) >= 11 is 0. The van der Waals surface area contributed by atoms with Crippen LogP contribution in [0.3, 0.4) is 0 Å². The van der Waals surface area contributed by atoms with Crippen molar-refractivity contribution in [2.45, 2.75) is 25.9 Å². The van der Waals surface area contributed by atoms with Crippen molar-refractivity contribution >= 4 is 11.6 Å². The quantitative estimate of drug-likeness (QED) is 0.872. The van der Waals surface area contributed by atoms with E-state index in [-0.39, 0.29) is 23.8 Å². The van der Waals surface area contributed by atoms with E-state index in [0.717, 1.165) is 0 Å². The van der Waals surface area contributed by atoms with Gasteiger partial charge < -0.3 is 10.6 Å². The highest BCUT2D eigenvalue weighted by molar-refractivity contribution is 5.93. The Labute approximate surface area is 124 Å². The van der Waals surface area contributed by atoms with Gasteiger partial charge in [-0.2, -0.15) is 0 Å². The van der Waals surface area contributed by atoms with Crippen LogP contribution in [-0.4, -0.2) is 11.9 Å². The molecule has 0 fully saturated rings. The molecule has 3 N–H and O–H groups in total. The SMILES string of the molecule is C[C@H]([NH2+][C@H](C)C(=O)Nc1ccc(F)cc1)c1ccccc1. The van der Waals surface area contributed by atoms with Gasteiger partial charge in [-0.15, -0.1) is 0 Å². The largest absolute Gasteiger partial charge is 0.330 e. The molecule has 0 unspecified atom stereocenters. The molecule has 2 atom stereocenters. The zero-order valence-corrected chi connectivity index (χ0v) is 12.2. The molecule has 2 aromatic carbocycles. The van der Waals surface area contributed by atoms with E-state index in [0.29, 0.717) is 5.69 Å². The summed E-state index contributed by atoms with van der Waals surface area (Å²) in [7, 11) is 0. The van der Waals surface area contributed by atoms with Gasteiger partial charge in [0.2, 0.25) is 0 Å². The predicted molar refractivity (Wildman–Crippen MR) is 81.3 cm³/mol. The van der Waals surface area contributed by atoms with Crippen LogP contribution in [0.2, 0.25) is 0 Å². The number of nitrogens with one attached hydrogen (secondary N) is 1. The molecule has 0 saturated carbocycles. The van der Waals surface area contributed by atoms with Gasteiger partial charge in [0.25, 0.3) is 5.91 Å². The van der Waals surface area contributed by atoms with Crippen LogP contribution >= 0.6 is 0 Å². The normalized spacial score (nSPS) is 13.5. The number of quaternary nitrogens is 1. The predicted octanol–water partition coefficient (Wildman–Crippen LogP) is 2.48. The van der Waals surface area contributed by atoms with Gasteiger partial charge >= 0.3 is 0 Å². The summed E-state index contributed by atoms with van der Waals surface area (Å²) < 4.78 is 12.8. The summed E-state index contributed by atoms with van der Waals surface area (Å²) in [5, 5.41) is 4.80. The fourth-order valence-electron chi connectivity index (χ4n) is 2.18. The Morgan fingerprint density at radius 3 is 2.29 bits per heavy atom. The van der Waals surface area contributed by atoms with E-state index in [1.165, 1.54) is 17.7 Å². The first-order chi connectivity index (χ1) is 10.1. The average Bonchev–Trinajstić information content (AvgIpc) is 2.50. The van der Waals surface area contributed by atoms with Gasteiger partial charge in [0, 0.05) is 11.3 Å². The lowest BCUT2D eigenvalue weighted by molar-refractivity contribution is -0.709. The Balaban J connectivity index is 1.92. The first-order valence-electron chi connectivity index (χ1n) is 7.02. The number of hydrogen-bond donors (Lipinski definition) is 2. The van der Waals surface area contributed by atoms with Crippen molar-refractivity contribution in [1.82, 2.24) is 0 Å². The summed E-state index contributed by atoms with van der Waals surface area (Å²) in [5.41, 5.74) is 1.79. The number of carbonyl (C=O) groups is 1. The molecule has 3 nitrogen and oxygen atoms in total. The van der Waals surface area contributed by atoms with Gasteiger partial charge in [0.1, 0.15) is 11.9 Å².